The Morgan fingerprint density at radius 1 is 1.09 bits per heavy atom. The van der Waals surface area contributed by atoms with Crippen molar-refractivity contribution in [3.05, 3.63) is 58.1 Å². The predicted octanol–water partition coefficient (Wildman–Crippen LogP) is 3.43. The molecule has 2 aliphatic heterocycles. The quantitative estimate of drug-likeness (QED) is 0.919. The summed E-state index contributed by atoms with van der Waals surface area (Å²) in [5.74, 6) is 0.0362. The number of hydrogen-bond donors (Lipinski definition) is 1. The number of hydrogen-bond acceptors (Lipinski definition) is 2. The fourth-order valence-corrected chi connectivity index (χ4v) is 3.55. The summed E-state index contributed by atoms with van der Waals surface area (Å²) >= 11 is 5.95. The van der Waals surface area contributed by atoms with Gasteiger partial charge in [-0.25, -0.2) is 0 Å². The van der Waals surface area contributed by atoms with Crippen molar-refractivity contribution in [2.45, 2.75) is 19.3 Å². The van der Waals surface area contributed by atoms with Crippen molar-refractivity contribution in [2.75, 3.05) is 16.8 Å². The van der Waals surface area contributed by atoms with Crippen LogP contribution in [0.5, 0.6) is 0 Å². The molecule has 2 amide bonds. The standard InChI is InChI=1S/C18H15ClN2O2/c19-14-2-1-3-15(10-14)20-18(23)13-8-11-4-5-16(22)21-7-6-12(9-13)17(11)21/h1-3,8-10H,4-7H2,(H,20,23). The summed E-state index contributed by atoms with van der Waals surface area (Å²) in [5, 5.41) is 3.46. The molecule has 0 saturated carbocycles. The van der Waals surface area contributed by atoms with Crippen LogP contribution >= 0.6 is 11.6 Å². The molecule has 2 aromatic rings. The molecule has 4 rings (SSSR count). The third-order valence-corrected chi connectivity index (χ3v) is 4.63. The fraction of sp³-hybridized carbons (Fsp3) is 0.222. The third-order valence-electron chi connectivity index (χ3n) is 4.40. The molecule has 4 nitrogen and oxygen atoms in total. The average molecular weight is 327 g/mol. The van der Waals surface area contributed by atoms with Gasteiger partial charge in [0.25, 0.3) is 5.91 Å². The molecule has 0 bridgehead atoms. The van der Waals surface area contributed by atoms with Crippen molar-refractivity contribution >= 4 is 34.8 Å². The highest BCUT2D eigenvalue weighted by Gasteiger charge is 2.31. The van der Waals surface area contributed by atoms with Crippen LogP contribution in [0.3, 0.4) is 0 Å². The molecular weight excluding hydrogens is 312 g/mol. The Balaban J connectivity index is 1.66. The summed E-state index contributed by atoms with van der Waals surface area (Å²) < 4.78 is 0. The lowest BCUT2D eigenvalue weighted by Gasteiger charge is -2.25. The summed E-state index contributed by atoms with van der Waals surface area (Å²) in [4.78, 5) is 26.3. The molecule has 23 heavy (non-hydrogen) atoms. The number of rotatable bonds is 2. The third kappa shape index (κ3) is 2.49. The van der Waals surface area contributed by atoms with Crippen molar-refractivity contribution in [1.82, 2.24) is 0 Å². The summed E-state index contributed by atoms with van der Waals surface area (Å²) in [6, 6.07) is 10.9. The molecule has 2 heterocycles. The first kappa shape index (κ1) is 14.3. The smallest absolute Gasteiger partial charge is 0.255 e. The van der Waals surface area contributed by atoms with Crippen molar-refractivity contribution in [3.63, 3.8) is 0 Å². The van der Waals surface area contributed by atoms with E-state index >= 15 is 0 Å². The van der Waals surface area contributed by atoms with Crippen LogP contribution < -0.4 is 10.2 Å². The second-order valence-corrected chi connectivity index (χ2v) is 6.34. The molecule has 5 heteroatoms. The molecule has 0 fully saturated rings. The van der Waals surface area contributed by atoms with Gasteiger partial charge in [-0.3, -0.25) is 9.59 Å². The number of benzene rings is 2. The monoisotopic (exact) mass is 326 g/mol. The molecule has 0 spiro atoms. The zero-order valence-corrected chi connectivity index (χ0v) is 13.2. The van der Waals surface area contributed by atoms with E-state index in [4.69, 9.17) is 11.6 Å². The van der Waals surface area contributed by atoms with E-state index in [1.165, 1.54) is 0 Å². The molecule has 0 aliphatic carbocycles. The Morgan fingerprint density at radius 2 is 1.87 bits per heavy atom. The highest BCUT2D eigenvalue weighted by Crippen LogP contribution is 2.37. The van der Waals surface area contributed by atoms with Gasteiger partial charge in [0.05, 0.1) is 5.69 Å². The van der Waals surface area contributed by atoms with Crippen molar-refractivity contribution < 1.29 is 9.59 Å². The van der Waals surface area contributed by atoms with Crippen molar-refractivity contribution in [2.24, 2.45) is 0 Å². The molecule has 1 N–H and O–H groups in total. The maximum absolute atomic E-state index is 12.5. The van der Waals surface area contributed by atoms with Gasteiger partial charge in [0.2, 0.25) is 5.91 Å². The molecule has 0 saturated heterocycles. The van der Waals surface area contributed by atoms with Crippen LogP contribution in [0.15, 0.2) is 36.4 Å². The second-order valence-electron chi connectivity index (χ2n) is 5.90. The van der Waals surface area contributed by atoms with E-state index in [2.05, 4.69) is 5.32 Å². The second kappa shape index (κ2) is 5.39. The van der Waals surface area contributed by atoms with Gasteiger partial charge >= 0.3 is 0 Å². The minimum Gasteiger partial charge on any atom is -0.322 e. The number of carbonyl (C=O) groups is 2. The van der Waals surface area contributed by atoms with E-state index in [0.29, 0.717) is 29.1 Å². The summed E-state index contributed by atoms with van der Waals surface area (Å²) in [6.45, 7) is 0.723. The van der Waals surface area contributed by atoms with Crippen LogP contribution in [-0.4, -0.2) is 18.4 Å². The highest BCUT2D eigenvalue weighted by molar-refractivity contribution is 6.31. The van der Waals surface area contributed by atoms with Crippen LogP contribution in [-0.2, 0) is 17.6 Å². The van der Waals surface area contributed by atoms with E-state index < -0.39 is 0 Å². The first-order chi connectivity index (χ1) is 11.1. The first-order valence-electron chi connectivity index (χ1n) is 7.65. The fourth-order valence-electron chi connectivity index (χ4n) is 3.36. The number of carbonyl (C=O) groups excluding carboxylic acids is 2. The van der Waals surface area contributed by atoms with Crippen LogP contribution in [0.4, 0.5) is 11.4 Å². The molecule has 2 aliphatic rings. The summed E-state index contributed by atoms with van der Waals surface area (Å²) in [6.07, 6.45) is 2.04. The lowest BCUT2D eigenvalue weighted by atomic mass is 9.96. The minimum atomic E-state index is -0.151. The predicted molar refractivity (Wildman–Crippen MR) is 90.2 cm³/mol. The van der Waals surface area contributed by atoms with Gasteiger partial charge in [-0.05, 0) is 54.3 Å². The Hall–Kier alpha value is -2.33. The Kier molecular flexibility index (Phi) is 3.34. The lowest BCUT2D eigenvalue weighted by Crippen LogP contribution is -2.33. The number of aryl methyl sites for hydroxylation is 1. The number of amides is 2. The summed E-state index contributed by atoms with van der Waals surface area (Å²) in [7, 11) is 0. The molecular formula is C18H15ClN2O2. The molecule has 0 atom stereocenters. The van der Waals surface area contributed by atoms with Crippen molar-refractivity contribution in [1.29, 1.82) is 0 Å². The van der Waals surface area contributed by atoms with Gasteiger partial charge < -0.3 is 10.2 Å². The van der Waals surface area contributed by atoms with Gasteiger partial charge in [0.1, 0.15) is 0 Å². The van der Waals surface area contributed by atoms with E-state index in [1.54, 1.807) is 18.2 Å². The van der Waals surface area contributed by atoms with E-state index in [9.17, 15) is 9.59 Å². The number of halogens is 1. The van der Waals surface area contributed by atoms with Crippen molar-refractivity contribution in [3.8, 4) is 0 Å². The topological polar surface area (TPSA) is 49.4 Å². The van der Waals surface area contributed by atoms with Crippen LogP contribution in [0.25, 0.3) is 0 Å². The Labute approximate surface area is 139 Å². The van der Waals surface area contributed by atoms with Crippen LogP contribution in [0, 0.1) is 0 Å². The molecule has 0 unspecified atom stereocenters. The highest BCUT2D eigenvalue weighted by atomic mass is 35.5. The Bertz CT molecular complexity index is 832. The van der Waals surface area contributed by atoms with Gasteiger partial charge in [-0.15, -0.1) is 0 Å². The number of nitrogens with one attached hydrogen (secondary N) is 1. The van der Waals surface area contributed by atoms with E-state index in [0.717, 1.165) is 29.8 Å². The molecule has 116 valence electrons. The first-order valence-corrected chi connectivity index (χ1v) is 8.03. The maximum atomic E-state index is 12.5. The SMILES string of the molecule is O=C(Nc1cccc(Cl)c1)c1cc2c3c(c1)CCN3C(=O)CC2. The normalized spacial score (nSPS) is 15.5. The van der Waals surface area contributed by atoms with Crippen LogP contribution in [0.2, 0.25) is 5.02 Å². The van der Waals surface area contributed by atoms with Gasteiger partial charge in [0, 0.05) is 29.2 Å². The zero-order valence-electron chi connectivity index (χ0n) is 12.4. The zero-order chi connectivity index (χ0) is 16.0. The largest absolute Gasteiger partial charge is 0.322 e. The lowest BCUT2D eigenvalue weighted by molar-refractivity contribution is -0.118. The van der Waals surface area contributed by atoms with Crippen LogP contribution in [0.1, 0.15) is 27.9 Å². The maximum Gasteiger partial charge on any atom is 0.255 e. The van der Waals surface area contributed by atoms with Gasteiger partial charge in [-0.1, -0.05) is 17.7 Å². The summed E-state index contributed by atoms with van der Waals surface area (Å²) in [5.41, 5.74) is 4.52. The molecule has 2 aromatic carbocycles. The minimum absolute atomic E-state index is 0.151. The van der Waals surface area contributed by atoms with E-state index in [1.807, 2.05) is 23.1 Å². The molecule has 0 radical (unpaired) electrons. The van der Waals surface area contributed by atoms with Gasteiger partial charge in [-0.2, -0.15) is 0 Å². The average Bonchev–Trinajstić information content (AvgIpc) is 2.96. The number of anilines is 2. The van der Waals surface area contributed by atoms with Gasteiger partial charge in [0.15, 0.2) is 0 Å². The number of nitrogens with zero attached hydrogens (tertiary/aromatic N) is 1. The Morgan fingerprint density at radius 3 is 2.65 bits per heavy atom. The van der Waals surface area contributed by atoms with E-state index in [-0.39, 0.29) is 11.8 Å². The molecule has 0 aromatic heterocycles.